The van der Waals surface area contributed by atoms with Crippen LogP contribution in [-0.2, 0) is 18.3 Å². The first-order chi connectivity index (χ1) is 9.74. The van der Waals surface area contributed by atoms with Gasteiger partial charge in [0.1, 0.15) is 11.6 Å². The minimum Gasteiger partial charge on any atom is -0.331 e. The van der Waals surface area contributed by atoms with Crippen molar-refractivity contribution in [1.82, 2.24) is 14.9 Å². The maximum atomic E-state index is 12.2. The van der Waals surface area contributed by atoms with Crippen LogP contribution in [0.15, 0.2) is 24.3 Å². The number of carbonyl (C=O) groups is 1. The van der Waals surface area contributed by atoms with E-state index < -0.39 is 0 Å². The number of aromatic nitrogens is 2. The van der Waals surface area contributed by atoms with E-state index in [9.17, 15) is 4.79 Å². The summed E-state index contributed by atoms with van der Waals surface area (Å²) >= 11 is 1.92. The second-order valence-electron chi connectivity index (χ2n) is 5.22. The fourth-order valence-electron chi connectivity index (χ4n) is 2.63. The van der Waals surface area contributed by atoms with E-state index >= 15 is 0 Å². The average molecular weight is 289 g/mol. The van der Waals surface area contributed by atoms with E-state index in [0.717, 1.165) is 34.9 Å². The zero-order valence-corrected chi connectivity index (χ0v) is 12.4. The van der Waals surface area contributed by atoms with Crippen LogP contribution in [0.2, 0.25) is 0 Å². The van der Waals surface area contributed by atoms with Gasteiger partial charge in [-0.05, 0) is 12.1 Å². The van der Waals surface area contributed by atoms with Crippen LogP contribution >= 0.6 is 11.8 Å². The Hall–Kier alpha value is -1.33. The number of rotatable bonds is 4. The molecule has 0 saturated carbocycles. The highest BCUT2D eigenvalue weighted by Gasteiger charge is 2.18. The average Bonchev–Trinajstić information content (AvgIpc) is 2.77. The first-order valence-corrected chi connectivity index (χ1v) is 8.12. The molecule has 0 bridgehead atoms. The van der Waals surface area contributed by atoms with Crippen LogP contribution in [0.5, 0.6) is 0 Å². The lowest BCUT2D eigenvalue weighted by atomic mass is 10.1. The highest BCUT2D eigenvalue weighted by molar-refractivity contribution is 7.99. The second kappa shape index (κ2) is 5.97. The molecular weight excluding hydrogens is 270 g/mol. The van der Waals surface area contributed by atoms with Crippen molar-refractivity contribution >= 4 is 28.6 Å². The summed E-state index contributed by atoms with van der Waals surface area (Å²) in [7, 11) is 1.98. The number of fused-ring (bicyclic) bond motifs is 1. The van der Waals surface area contributed by atoms with Crippen LogP contribution in [0.3, 0.4) is 0 Å². The van der Waals surface area contributed by atoms with Crippen molar-refractivity contribution < 1.29 is 4.79 Å². The van der Waals surface area contributed by atoms with Crippen molar-refractivity contribution in [3.8, 4) is 0 Å². The molecule has 1 aromatic heterocycles. The normalized spacial score (nSPS) is 19.4. The second-order valence-corrected chi connectivity index (χ2v) is 6.37. The molecule has 5 heteroatoms. The van der Waals surface area contributed by atoms with Crippen molar-refractivity contribution in [2.45, 2.75) is 18.9 Å². The lowest BCUT2D eigenvalue weighted by Crippen LogP contribution is -2.39. The summed E-state index contributed by atoms with van der Waals surface area (Å²) in [4.78, 5) is 16.8. The molecule has 0 spiro atoms. The van der Waals surface area contributed by atoms with Gasteiger partial charge in [0.25, 0.3) is 0 Å². The van der Waals surface area contributed by atoms with Crippen molar-refractivity contribution in [2.75, 3.05) is 18.1 Å². The molecule has 1 aliphatic rings. The molecular formula is C15H19N3OS. The Bertz CT molecular complexity index is 617. The topological polar surface area (TPSA) is 46.9 Å². The van der Waals surface area contributed by atoms with Crippen LogP contribution in [0, 0.1) is 0 Å². The molecule has 0 radical (unpaired) electrons. The zero-order chi connectivity index (χ0) is 13.9. The number of nitrogens with one attached hydrogen (secondary N) is 1. The third kappa shape index (κ3) is 2.88. The van der Waals surface area contributed by atoms with Gasteiger partial charge in [0.05, 0.1) is 17.5 Å². The molecule has 1 N–H and O–H groups in total. The largest absolute Gasteiger partial charge is 0.331 e. The van der Waals surface area contributed by atoms with Crippen LogP contribution in [0.25, 0.3) is 11.0 Å². The number of imidazole rings is 1. The van der Waals surface area contributed by atoms with Gasteiger partial charge in [-0.25, -0.2) is 4.98 Å². The highest BCUT2D eigenvalue weighted by atomic mass is 32.2. The minimum absolute atomic E-state index is 0.267. The van der Waals surface area contributed by atoms with Gasteiger partial charge < -0.3 is 9.88 Å². The Morgan fingerprint density at radius 2 is 2.35 bits per heavy atom. The van der Waals surface area contributed by atoms with E-state index in [0.29, 0.717) is 18.9 Å². The van der Waals surface area contributed by atoms with Crippen molar-refractivity contribution in [3.63, 3.8) is 0 Å². The van der Waals surface area contributed by atoms with Gasteiger partial charge in [0.2, 0.25) is 0 Å². The number of para-hydroxylation sites is 2. The number of carbonyl (C=O) groups excluding carboxylic acids is 1. The number of ketones is 1. The lowest BCUT2D eigenvalue weighted by molar-refractivity contribution is -0.118. The maximum Gasteiger partial charge on any atom is 0.141 e. The molecule has 0 aliphatic carbocycles. The molecule has 1 fully saturated rings. The molecule has 1 saturated heterocycles. The Morgan fingerprint density at radius 1 is 1.50 bits per heavy atom. The Kier molecular flexibility index (Phi) is 4.08. The van der Waals surface area contributed by atoms with Crippen LogP contribution < -0.4 is 5.32 Å². The summed E-state index contributed by atoms with van der Waals surface area (Å²) in [5, 5.41) is 3.41. The van der Waals surface area contributed by atoms with E-state index in [2.05, 4.69) is 10.3 Å². The summed E-state index contributed by atoms with van der Waals surface area (Å²) in [6.07, 6.45) is 1.03. The summed E-state index contributed by atoms with van der Waals surface area (Å²) in [6.45, 7) is 1.01. The monoisotopic (exact) mass is 289 g/mol. The molecule has 2 heterocycles. The standard InChI is InChI=1S/C15H19N3OS/c1-18-14-5-3-2-4-13(14)17-15(18)9-12(19)8-11-10-20-7-6-16-11/h2-5,11,16H,6-10H2,1H3. The minimum atomic E-state index is 0.267. The molecule has 20 heavy (non-hydrogen) atoms. The van der Waals surface area contributed by atoms with Crippen LogP contribution in [-0.4, -0.2) is 39.4 Å². The molecule has 3 rings (SSSR count). The van der Waals surface area contributed by atoms with Gasteiger partial charge in [0.15, 0.2) is 0 Å². The molecule has 1 atom stereocenters. The van der Waals surface area contributed by atoms with Gasteiger partial charge in [-0.15, -0.1) is 0 Å². The SMILES string of the molecule is Cn1c(CC(=O)CC2CSCCN2)nc2ccccc21. The summed E-state index contributed by atoms with van der Waals surface area (Å²) in [5.41, 5.74) is 2.05. The van der Waals surface area contributed by atoms with Gasteiger partial charge in [0, 0.05) is 37.6 Å². The Balaban J connectivity index is 1.69. The lowest BCUT2D eigenvalue weighted by Gasteiger charge is -2.22. The highest BCUT2D eigenvalue weighted by Crippen LogP contribution is 2.16. The number of Topliss-reactive ketones (excluding diaryl/α,β-unsaturated/α-hetero) is 1. The molecule has 2 aromatic rings. The first kappa shape index (κ1) is 13.6. The molecule has 4 nitrogen and oxygen atoms in total. The molecule has 0 amide bonds. The third-order valence-electron chi connectivity index (χ3n) is 3.71. The summed E-state index contributed by atoms with van der Waals surface area (Å²) in [5.74, 6) is 3.31. The number of nitrogens with zero attached hydrogens (tertiary/aromatic N) is 2. The number of aryl methyl sites for hydroxylation is 1. The van der Waals surface area contributed by atoms with Gasteiger partial charge in [-0.2, -0.15) is 11.8 Å². The number of benzene rings is 1. The number of hydrogen-bond donors (Lipinski definition) is 1. The van der Waals surface area contributed by atoms with Gasteiger partial charge in [-0.3, -0.25) is 4.79 Å². The molecule has 1 unspecified atom stereocenters. The predicted molar refractivity (Wildman–Crippen MR) is 83.2 cm³/mol. The van der Waals surface area contributed by atoms with Gasteiger partial charge >= 0.3 is 0 Å². The van der Waals surface area contributed by atoms with Crippen molar-refractivity contribution in [1.29, 1.82) is 0 Å². The van der Waals surface area contributed by atoms with E-state index in [4.69, 9.17) is 0 Å². The maximum absolute atomic E-state index is 12.2. The first-order valence-electron chi connectivity index (χ1n) is 6.97. The summed E-state index contributed by atoms with van der Waals surface area (Å²) < 4.78 is 2.02. The van der Waals surface area contributed by atoms with E-state index in [1.807, 2.05) is 47.6 Å². The van der Waals surface area contributed by atoms with E-state index in [-0.39, 0.29) is 5.78 Å². The summed E-state index contributed by atoms with van der Waals surface area (Å²) in [6, 6.07) is 8.33. The molecule has 1 aliphatic heterocycles. The fraction of sp³-hybridized carbons (Fsp3) is 0.467. The van der Waals surface area contributed by atoms with E-state index in [1.54, 1.807) is 0 Å². The van der Waals surface area contributed by atoms with Crippen molar-refractivity contribution in [3.05, 3.63) is 30.1 Å². The third-order valence-corrected chi connectivity index (χ3v) is 4.84. The van der Waals surface area contributed by atoms with Crippen LogP contribution in [0.4, 0.5) is 0 Å². The smallest absolute Gasteiger partial charge is 0.141 e. The number of hydrogen-bond acceptors (Lipinski definition) is 4. The number of thioether (sulfide) groups is 1. The van der Waals surface area contributed by atoms with Crippen LogP contribution in [0.1, 0.15) is 12.2 Å². The van der Waals surface area contributed by atoms with Gasteiger partial charge in [-0.1, -0.05) is 12.1 Å². The molecule has 106 valence electrons. The Morgan fingerprint density at radius 3 is 3.10 bits per heavy atom. The Labute approximate surface area is 123 Å². The quantitative estimate of drug-likeness (QED) is 0.932. The zero-order valence-electron chi connectivity index (χ0n) is 11.6. The molecule has 1 aromatic carbocycles. The predicted octanol–water partition coefficient (Wildman–Crippen LogP) is 1.78. The van der Waals surface area contributed by atoms with E-state index in [1.165, 1.54) is 0 Å². The fourth-order valence-corrected chi connectivity index (χ4v) is 3.58. The van der Waals surface area contributed by atoms with Crippen molar-refractivity contribution in [2.24, 2.45) is 7.05 Å².